The maximum absolute atomic E-state index is 13.1. The van der Waals surface area contributed by atoms with Crippen molar-refractivity contribution in [3.05, 3.63) is 34.1 Å². The lowest BCUT2D eigenvalue weighted by atomic mass is 10.2. The van der Waals surface area contributed by atoms with Crippen molar-refractivity contribution in [1.29, 1.82) is 0 Å². The largest absolute Gasteiger partial charge is 0.329 e. The Kier molecular flexibility index (Phi) is 2.47. The van der Waals surface area contributed by atoms with Gasteiger partial charge in [-0.3, -0.25) is 14.9 Å². The highest BCUT2D eigenvalue weighted by Crippen LogP contribution is 2.24. The quantitative estimate of drug-likeness (QED) is 0.469. The Morgan fingerprint density at radius 2 is 2.06 bits per heavy atom. The summed E-state index contributed by atoms with van der Waals surface area (Å²) in [7, 11) is 0. The number of nitro benzene ring substituents is 1. The first-order chi connectivity index (χ1) is 7.99. The van der Waals surface area contributed by atoms with E-state index in [1.807, 2.05) is 0 Å². The molecule has 0 bridgehead atoms. The molecule has 1 fully saturated rings. The highest BCUT2D eigenvalue weighted by molar-refractivity contribution is 6.19. The maximum Gasteiger partial charge on any atom is 0.329 e. The van der Waals surface area contributed by atoms with Crippen LogP contribution in [0, 0.1) is 15.9 Å². The minimum atomic E-state index is -0.887. The van der Waals surface area contributed by atoms with Crippen LogP contribution in [0.15, 0.2) is 18.2 Å². The van der Waals surface area contributed by atoms with Crippen molar-refractivity contribution in [2.24, 2.45) is 0 Å². The molecule has 17 heavy (non-hydrogen) atoms. The van der Waals surface area contributed by atoms with Gasteiger partial charge < -0.3 is 5.32 Å². The van der Waals surface area contributed by atoms with Gasteiger partial charge in [0.2, 0.25) is 0 Å². The number of rotatable bonds is 2. The Morgan fingerprint density at radius 1 is 1.35 bits per heavy atom. The molecule has 1 aliphatic heterocycles. The third-order valence-electron chi connectivity index (χ3n) is 2.18. The van der Waals surface area contributed by atoms with Crippen LogP contribution in [-0.2, 0) is 4.79 Å². The Hall–Kier alpha value is -2.51. The van der Waals surface area contributed by atoms with E-state index in [0.717, 1.165) is 12.1 Å². The zero-order valence-electron chi connectivity index (χ0n) is 8.34. The summed E-state index contributed by atoms with van der Waals surface area (Å²) < 4.78 is 13.1. The number of nitrogens with one attached hydrogen (secondary N) is 1. The summed E-state index contributed by atoms with van der Waals surface area (Å²) in [5.41, 5.74) is -0.677. The number of hydrogen-bond acceptors (Lipinski definition) is 4. The van der Waals surface area contributed by atoms with Crippen LogP contribution in [0.4, 0.5) is 20.6 Å². The normalized spacial score (nSPS) is 15.0. The van der Waals surface area contributed by atoms with Crippen LogP contribution in [0.25, 0.3) is 0 Å². The summed E-state index contributed by atoms with van der Waals surface area (Å²) in [6.45, 7) is -0.205. The van der Waals surface area contributed by atoms with Crippen molar-refractivity contribution in [3.63, 3.8) is 0 Å². The van der Waals surface area contributed by atoms with Crippen LogP contribution in [-0.4, -0.2) is 23.4 Å². The highest BCUT2D eigenvalue weighted by Gasteiger charge is 2.31. The van der Waals surface area contributed by atoms with E-state index in [0.29, 0.717) is 11.0 Å². The van der Waals surface area contributed by atoms with Crippen molar-refractivity contribution in [1.82, 2.24) is 5.32 Å². The smallest absolute Gasteiger partial charge is 0.328 e. The molecule has 0 unspecified atom stereocenters. The lowest BCUT2D eigenvalue weighted by molar-refractivity contribution is -0.385. The molecule has 1 saturated heterocycles. The molecule has 1 heterocycles. The van der Waals surface area contributed by atoms with Crippen molar-refractivity contribution in [2.75, 3.05) is 11.4 Å². The van der Waals surface area contributed by atoms with Gasteiger partial charge in [0.15, 0.2) is 0 Å². The van der Waals surface area contributed by atoms with E-state index in [9.17, 15) is 24.1 Å². The Morgan fingerprint density at radius 3 is 2.59 bits per heavy atom. The molecule has 2 rings (SSSR count). The molecule has 8 heteroatoms. The minimum Gasteiger partial charge on any atom is -0.328 e. The lowest BCUT2D eigenvalue weighted by Crippen LogP contribution is -2.30. The van der Waals surface area contributed by atoms with Crippen LogP contribution in [0.1, 0.15) is 0 Å². The van der Waals surface area contributed by atoms with E-state index < -0.39 is 28.4 Å². The predicted octanol–water partition coefficient (Wildman–Crippen LogP) is 0.790. The van der Waals surface area contributed by atoms with Gasteiger partial charge in [0, 0.05) is 6.07 Å². The lowest BCUT2D eigenvalue weighted by Gasteiger charge is -2.11. The van der Waals surface area contributed by atoms with E-state index in [4.69, 9.17) is 0 Å². The molecule has 1 aliphatic rings. The third-order valence-corrected chi connectivity index (χ3v) is 2.18. The van der Waals surface area contributed by atoms with Crippen LogP contribution in [0.2, 0.25) is 0 Å². The van der Waals surface area contributed by atoms with Gasteiger partial charge in [-0.25, -0.2) is 14.1 Å². The number of carbonyl (C=O) groups is 2. The van der Waals surface area contributed by atoms with Crippen molar-refractivity contribution < 1.29 is 18.9 Å². The van der Waals surface area contributed by atoms with Crippen molar-refractivity contribution >= 4 is 23.3 Å². The van der Waals surface area contributed by atoms with Crippen LogP contribution in [0.5, 0.6) is 0 Å². The van der Waals surface area contributed by atoms with E-state index in [-0.39, 0.29) is 12.2 Å². The molecule has 0 aromatic heterocycles. The molecule has 0 spiro atoms. The molecule has 7 nitrogen and oxygen atoms in total. The molecule has 0 atom stereocenters. The standard InChI is InChI=1S/C9H6FN3O4/c10-5-1-6(3-7(2-5)13(16)17)12-8(14)4-11-9(12)15/h1-3H,4H2,(H,11,15). The molecular weight excluding hydrogens is 233 g/mol. The van der Waals surface area contributed by atoms with Gasteiger partial charge in [-0.2, -0.15) is 0 Å². The molecular formula is C9H6FN3O4. The number of non-ortho nitro benzene ring substituents is 1. The van der Waals surface area contributed by atoms with Gasteiger partial charge in [-0.05, 0) is 6.07 Å². The van der Waals surface area contributed by atoms with Crippen LogP contribution < -0.4 is 10.2 Å². The topological polar surface area (TPSA) is 92.6 Å². The number of carbonyl (C=O) groups excluding carboxylic acids is 2. The zero-order chi connectivity index (χ0) is 12.6. The summed E-state index contributed by atoms with van der Waals surface area (Å²) in [5, 5.41) is 12.7. The molecule has 1 N–H and O–H groups in total. The summed E-state index contributed by atoms with van der Waals surface area (Å²) in [5.74, 6) is -1.48. The number of amides is 3. The average molecular weight is 239 g/mol. The molecule has 88 valence electrons. The number of anilines is 1. The summed E-state index contributed by atoms with van der Waals surface area (Å²) >= 11 is 0. The number of imide groups is 1. The number of nitro groups is 1. The summed E-state index contributed by atoms with van der Waals surface area (Å²) in [6, 6.07) is 1.83. The molecule has 0 radical (unpaired) electrons. The predicted molar refractivity (Wildman–Crippen MR) is 53.9 cm³/mol. The van der Waals surface area contributed by atoms with Crippen molar-refractivity contribution in [2.45, 2.75) is 0 Å². The Balaban J connectivity index is 2.48. The van der Waals surface area contributed by atoms with Gasteiger partial charge in [0.25, 0.3) is 11.6 Å². The highest BCUT2D eigenvalue weighted by atomic mass is 19.1. The minimum absolute atomic E-state index is 0.156. The first-order valence-electron chi connectivity index (χ1n) is 4.55. The molecule has 1 aromatic rings. The SMILES string of the molecule is O=C1CNC(=O)N1c1cc(F)cc([N+](=O)[O-])c1. The molecule has 0 saturated carbocycles. The second kappa shape index (κ2) is 3.81. The fraction of sp³-hybridized carbons (Fsp3) is 0.111. The second-order valence-corrected chi connectivity index (χ2v) is 3.31. The number of urea groups is 1. The molecule has 3 amide bonds. The van der Waals surface area contributed by atoms with Gasteiger partial charge in [-0.1, -0.05) is 0 Å². The zero-order valence-corrected chi connectivity index (χ0v) is 8.34. The van der Waals surface area contributed by atoms with E-state index in [1.54, 1.807) is 0 Å². The fourth-order valence-corrected chi connectivity index (χ4v) is 1.48. The maximum atomic E-state index is 13.1. The number of nitrogens with zero attached hydrogens (tertiary/aromatic N) is 2. The van der Waals surface area contributed by atoms with Gasteiger partial charge in [0.05, 0.1) is 23.2 Å². The van der Waals surface area contributed by atoms with Crippen LogP contribution in [0.3, 0.4) is 0 Å². The number of hydrogen-bond donors (Lipinski definition) is 1. The number of halogens is 1. The third kappa shape index (κ3) is 1.92. The Bertz CT molecular complexity index is 515. The van der Waals surface area contributed by atoms with Gasteiger partial charge in [-0.15, -0.1) is 0 Å². The van der Waals surface area contributed by atoms with E-state index >= 15 is 0 Å². The molecule has 1 aromatic carbocycles. The van der Waals surface area contributed by atoms with Gasteiger partial charge in [0.1, 0.15) is 5.82 Å². The van der Waals surface area contributed by atoms with E-state index in [2.05, 4.69) is 5.32 Å². The summed E-state index contributed by atoms with van der Waals surface area (Å²) in [4.78, 5) is 33.0. The first kappa shape index (κ1) is 11.0. The van der Waals surface area contributed by atoms with Crippen LogP contribution >= 0.6 is 0 Å². The van der Waals surface area contributed by atoms with E-state index in [1.165, 1.54) is 0 Å². The second-order valence-electron chi connectivity index (χ2n) is 3.31. The van der Waals surface area contributed by atoms with Gasteiger partial charge >= 0.3 is 6.03 Å². The van der Waals surface area contributed by atoms with Crippen molar-refractivity contribution in [3.8, 4) is 0 Å². The summed E-state index contributed by atoms with van der Waals surface area (Å²) in [6.07, 6.45) is 0. The first-order valence-corrected chi connectivity index (χ1v) is 4.55. The monoisotopic (exact) mass is 239 g/mol. The fourth-order valence-electron chi connectivity index (χ4n) is 1.48. The average Bonchev–Trinajstić information content (AvgIpc) is 2.57. The Labute approximate surface area is 94.0 Å². The molecule has 0 aliphatic carbocycles. The number of benzene rings is 1.